The molecule has 0 rings (SSSR count). The van der Waals surface area contributed by atoms with E-state index in [1.54, 1.807) is 0 Å². The van der Waals surface area contributed by atoms with Crippen molar-refractivity contribution < 1.29 is 0 Å². The molecule has 0 aromatic heterocycles. The lowest BCUT2D eigenvalue weighted by atomic mass is 9.86. The van der Waals surface area contributed by atoms with Crippen LogP contribution < -0.4 is 5.73 Å². The van der Waals surface area contributed by atoms with Gasteiger partial charge >= 0.3 is 0 Å². The first-order valence-electron chi connectivity index (χ1n) is 7.25. The molecule has 0 bridgehead atoms. The van der Waals surface area contributed by atoms with Crippen molar-refractivity contribution in [1.29, 1.82) is 5.41 Å². The highest BCUT2D eigenvalue weighted by Crippen LogP contribution is 2.22. The van der Waals surface area contributed by atoms with Crippen LogP contribution in [0.25, 0.3) is 0 Å². The van der Waals surface area contributed by atoms with Crippen molar-refractivity contribution in [2.24, 2.45) is 17.1 Å². The molecule has 0 spiro atoms. The average Bonchev–Trinajstić information content (AvgIpc) is 2.21. The van der Waals surface area contributed by atoms with Crippen LogP contribution in [0.2, 0.25) is 0 Å². The molecule has 18 heavy (non-hydrogen) atoms. The molecule has 0 heterocycles. The molecule has 0 fully saturated rings. The fourth-order valence-corrected chi connectivity index (χ4v) is 2.05. The van der Waals surface area contributed by atoms with Crippen molar-refractivity contribution in [2.75, 3.05) is 13.1 Å². The van der Waals surface area contributed by atoms with Gasteiger partial charge in [0.25, 0.3) is 0 Å². The van der Waals surface area contributed by atoms with Gasteiger partial charge in [-0.1, -0.05) is 34.1 Å². The second kappa shape index (κ2) is 7.78. The van der Waals surface area contributed by atoms with Gasteiger partial charge in [-0.2, -0.15) is 0 Å². The summed E-state index contributed by atoms with van der Waals surface area (Å²) < 4.78 is 0. The van der Waals surface area contributed by atoms with Crippen molar-refractivity contribution in [3.8, 4) is 0 Å². The third-order valence-corrected chi connectivity index (χ3v) is 3.56. The molecule has 0 aromatic rings. The van der Waals surface area contributed by atoms with E-state index in [0.29, 0.717) is 11.9 Å². The highest BCUT2D eigenvalue weighted by atomic mass is 15.1. The Kier molecular flexibility index (Phi) is 7.53. The number of nitrogens with zero attached hydrogens (tertiary/aromatic N) is 1. The van der Waals surface area contributed by atoms with Crippen molar-refractivity contribution in [2.45, 2.75) is 66.8 Å². The predicted octanol–water partition coefficient (Wildman–Crippen LogP) is 3.49. The largest absolute Gasteiger partial charge is 0.387 e. The lowest BCUT2D eigenvalue weighted by Crippen LogP contribution is -2.35. The molecule has 0 unspecified atom stereocenters. The minimum absolute atomic E-state index is 0.138. The topological polar surface area (TPSA) is 53.1 Å². The van der Waals surface area contributed by atoms with Crippen LogP contribution in [-0.2, 0) is 0 Å². The SMILES string of the molecule is CC(C)CN(CCCCC(C)(C)C(=N)N)C(C)C. The van der Waals surface area contributed by atoms with Crippen LogP contribution in [0.4, 0.5) is 0 Å². The molecular weight excluding hydrogens is 222 g/mol. The van der Waals surface area contributed by atoms with Crippen molar-refractivity contribution >= 4 is 5.84 Å². The molecule has 0 saturated carbocycles. The van der Waals surface area contributed by atoms with E-state index in [2.05, 4.69) is 46.4 Å². The van der Waals surface area contributed by atoms with Crippen LogP contribution in [0, 0.1) is 16.7 Å². The standard InChI is InChI=1S/C15H33N3/c1-12(2)11-18(13(3)4)10-8-7-9-15(5,6)14(16)17/h12-13H,7-11H2,1-6H3,(H3,16,17). The summed E-state index contributed by atoms with van der Waals surface area (Å²) in [4.78, 5) is 2.55. The lowest BCUT2D eigenvalue weighted by molar-refractivity contribution is 0.192. The van der Waals surface area contributed by atoms with Crippen molar-refractivity contribution in [1.82, 2.24) is 4.90 Å². The van der Waals surface area contributed by atoms with Gasteiger partial charge in [-0.05, 0) is 39.2 Å². The van der Waals surface area contributed by atoms with Crippen LogP contribution in [0.15, 0.2) is 0 Å². The lowest BCUT2D eigenvalue weighted by Gasteiger charge is -2.29. The van der Waals surface area contributed by atoms with Gasteiger partial charge in [-0.15, -0.1) is 0 Å². The van der Waals surface area contributed by atoms with Crippen LogP contribution >= 0.6 is 0 Å². The Morgan fingerprint density at radius 1 is 1.17 bits per heavy atom. The predicted molar refractivity (Wildman–Crippen MR) is 81.1 cm³/mol. The van der Waals surface area contributed by atoms with Gasteiger partial charge in [0.15, 0.2) is 0 Å². The Labute approximate surface area is 114 Å². The van der Waals surface area contributed by atoms with E-state index in [4.69, 9.17) is 11.1 Å². The molecule has 0 saturated heterocycles. The van der Waals surface area contributed by atoms with E-state index in [1.165, 1.54) is 13.0 Å². The molecule has 0 aliphatic heterocycles. The summed E-state index contributed by atoms with van der Waals surface area (Å²) >= 11 is 0. The zero-order valence-electron chi connectivity index (χ0n) is 13.2. The van der Waals surface area contributed by atoms with E-state index in [-0.39, 0.29) is 5.41 Å². The first kappa shape index (κ1) is 17.4. The molecule has 108 valence electrons. The minimum atomic E-state index is -0.138. The molecule has 3 N–H and O–H groups in total. The summed E-state index contributed by atoms with van der Waals surface area (Å²) in [5, 5.41) is 7.55. The zero-order valence-corrected chi connectivity index (χ0v) is 13.2. The van der Waals surface area contributed by atoms with Gasteiger partial charge in [0.2, 0.25) is 0 Å². The molecule has 0 amide bonds. The van der Waals surface area contributed by atoms with E-state index in [1.807, 2.05) is 0 Å². The van der Waals surface area contributed by atoms with Crippen molar-refractivity contribution in [3.05, 3.63) is 0 Å². The van der Waals surface area contributed by atoms with Crippen LogP contribution in [0.3, 0.4) is 0 Å². The number of nitrogens with two attached hydrogens (primary N) is 1. The maximum Gasteiger partial charge on any atom is 0.0963 e. The highest BCUT2D eigenvalue weighted by molar-refractivity contribution is 5.82. The van der Waals surface area contributed by atoms with E-state index in [0.717, 1.165) is 25.3 Å². The monoisotopic (exact) mass is 255 g/mol. The van der Waals surface area contributed by atoms with E-state index in [9.17, 15) is 0 Å². The summed E-state index contributed by atoms with van der Waals surface area (Å²) in [6.45, 7) is 15.5. The second-order valence-corrected chi connectivity index (χ2v) is 6.74. The summed E-state index contributed by atoms with van der Waals surface area (Å²) in [5.74, 6) is 1.03. The Morgan fingerprint density at radius 2 is 1.72 bits per heavy atom. The summed E-state index contributed by atoms with van der Waals surface area (Å²) in [6.07, 6.45) is 3.35. The fourth-order valence-electron chi connectivity index (χ4n) is 2.05. The number of unbranched alkanes of at least 4 members (excludes halogenated alkanes) is 1. The molecular formula is C15H33N3. The van der Waals surface area contributed by atoms with Gasteiger partial charge in [0.05, 0.1) is 5.84 Å². The molecule has 0 aliphatic carbocycles. The van der Waals surface area contributed by atoms with Crippen molar-refractivity contribution in [3.63, 3.8) is 0 Å². The van der Waals surface area contributed by atoms with E-state index >= 15 is 0 Å². The number of hydrogen-bond acceptors (Lipinski definition) is 2. The molecule has 0 radical (unpaired) electrons. The number of hydrogen-bond donors (Lipinski definition) is 2. The third kappa shape index (κ3) is 7.00. The maximum absolute atomic E-state index is 7.55. The minimum Gasteiger partial charge on any atom is -0.387 e. The summed E-state index contributed by atoms with van der Waals surface area (Å²) in [5.41, 5.74) is 5.46. The summed E-state index contributed by atoms with van der Waals surface area (Å²) in [6, 6.07) is 0.619. The number of nitrogens with one attached hydrogen (secondary N) is 1. The molecule has 0 atom stereocenters. The third-order valence-electron chi connectivity index (χ3n) is 3.56. The normalized spacial score (nSPS) is 12.7. The van der Waals surface area contributed by atoms with Gasteiger partial charge in [-0.3, -0.25) is 5.41 Å². The molecule has 0 aromatic carbocycles. The Hall–Kier alpha value is -0.570. The van der Waals surface area contributed by atoms with Crippen LogP contribution in [-0.4, -0.2) is 29.9 Å². The smallest absolute Gasteiger partial charge is 0.0963 e. The Balaban J connectivity index is 3.97. The quantitative estimate of drug-likeness (QED) is 0.376. The second-order valence-electron chi connectivity index (χ2n) is 6.74. The first-order valence-corrected chi connectivity index (χ1v) is 7.25. The fraction of sp³-hybridized carbons (Fsp3) is 0.933. The Bertz CT molecular complexity index is 244. The number of amidine groups is 1. The van der Waals surface area contributed by atoms with Gasteiger partial charge in [-0.25, -0.2) is 0 Å². The summed E-state index contributed by atoms with van der Waals surface area (Å²) in [7, 11) is 0. The van der Waals surface area contributed by atoms with E-state index < -0.39 is 0 Å². The molecule has 0 aliphatic rings. The van der Waals surface area contributed by atoms with Gasteiger partial charge < -0.3 is 10.6 Å². The highest BCUT2D eigenvalue weighted by Gasteiger charge is 2.21. The maximum atomic E-state index is 7.55. The average molecular weight is 255 g/mol. The molecule has 3 nitrogen and oxygen atoms in total. The molecule has 3 heteroatoms. The Morgan fingerprint density at radius 3 is 2.11 bits per heavy atom. The first-order chi connectivity index (χ1) is 8.16. The van der Waals surface area contributed by atoms with Crippen LogP contribution in [0.1, 0.15) is 60.8 Å². The van der Waals surface area contributed by atoms with Crippen LogP contribution in [0.5, 0.6) is 0 Å². The van der Waals surface area contributed by atoms with Gasteiger partial charge in [0.1, 0.15) is 0 Å². The number of rotatable bonds is 9. The zero-order chi connectivity index (χ0) is 14.3. The van der Waals surface area contributed by atoms with Gasteiger partial charge in [0, 0.05) is 18.0 Å².